The van der Waals surface area contributed by atoms with Crippen molar-refractivity contribution in [2.75, 3.05) is 34.0 Å². The van der Waals surface area contributed by atoms with Gasteiger partial charge in [-0.1, -0.05) is 17.7 Å². The first-order chi connectivity index (χ1) is 17.3. The van der Waals surface area contributed by atoms with Gasteiger partial charge in [-0.25, -0.2) is 4.79 Å². The number of aliphatic hydroxyl groups excluding tert-OH is 1. The maximum atomic E-state index is 12.8. The number of rotatable bonds is 11. The van der Waals surface area contributed by atoms with E-state index in [0.717, 1.165) is 18.4 Å². The Balaban J connectivity index is 1.43. The molecule has 1 aliphatic carbocycles. The summed E-state index contributed by atoms with van der Waals surface area (Å²) in [7, 11) is 3.21. The first kappa shape index (κ1) is 26.7. The van der Waals surface area contributed by atoms with E-state index in [0.29, 0.717) is 24.5 Å². The molecule has 2 heterocycles. The van der Waals surface area contributed by atoms with Crippen LogP contribution in [0.5, 0.6) is 11.5 Å². The van der Waals surface area contributed by atoms with Gasteiger partial charge in [0, 0.05) is 13.2 Å². The highest BCUT2D eigenvalue weighted by atomic mass is 16.6. The van der Waals surface area contributed by atoms with Crippen molar-refractivity contribution in [3.8, 4) is 11.5 Å². The van der Waals surface area contributed by atoms with Crippen LogP contribution < -0.4 is 9.47 Å². The topological polar surface area (TPSA) is 99.3 Å². The Morgan fingerprint density at radius 2 is 2.03 bits per heavy atom. The van der Waals surface area contributed by atoms with E-state index in [1.807, 2.05) is 6.07 Å². The van der Waals surface area contributed by atoms with Gasteiger partial charge < -0.3 is 33.5 Å². The molecule has 1 aromatic carbocycles. The van der Waals surface area contributed by atoms with Crippen LogP contribution in [-0.2, 0) is 23.7 Å². The Kier molecular flexibility index (Phi) is 8.09. The van der Waals surface area contributed by atoms with Crippen molar-refractivity contribution >= 4 is 12.0 Å². The maximum absolute atomic E-state index is 12.8. The van der Waals surface area contributed by atoms with Crippen LogP contribution in [-0.4, -0.2) is 74.6 Å². The largest absolute Gasteiger partial charge is 0.493 e. The van der Waals surface area contributed by atoms with Crippen molar-refractivity contribution in [3.05, 3.63) is 41.5 Å². The molecule has 3 aliphatic rings. The molecule has 6 atom stereocenters. The summed E-state index contributed by atoms with van der Waals surface area (Å²) in [4.78, 5) is 12.8. The number of methoxy groups -OCH3 is 2. The van der Waals surface area contributed by atoms with Gasteiger partial charge in [0.05, 0.1) is 32.3 Å². The SMILES string of the molecule is COc1ccc(C=CC(=O)O[C@@H]2CC[C@]3(CO3)[C@@H]([C@@]3(C)O[C@@H]3CC=C(C)C)[C@@H]2OC)cc1OCCO. The number of esters is 1. The van der Waals surface area contributed by atoms with Gasteiger partial charge in [-0.3, -0.25) is 0 Å². The van der Waals surface area contributed by atoms with Gasteiger partial charge >= 0.3 is 5.97 Å². The zero-order valence-corrected chi connectivity index (χ0v) is 21.8. The molecule has 1 saturated carbocycles. The van der Waals surface area contributed by atoms with E-state index in [4.69, 9.17) is 33.5 Å². The van der Waals surface area contributed by atoms with Gasteiger partial charge in [-0.2, -0.15) is 0 Å². The highest BCUT2D eigenvalue weighted by Crippen LogP contribution is 2.59. The third-order valence-electron chi connectivity index (χ3n) is 7.45. The summed E-state index contributed by atoms with van der Waals surface area (Å²) in [6.07, 6.45) is 6.98. The molecule has 2 saturated heterocycles. The molecule has 8 nitrogen and oxygen atoms in total. The van der Waals surface area contributed by atoms with Crippen molar-refractivity contribution in [2.45, 2.75) is 69.5 Å². The van der Waals surface area contributed by atoms with Crippen LogP contribution in [0, 0.1) is 5.92 Å². The van der Waals surface area contributed by atoms with Crippen LogP contribution in [0.4, 0.5) is 0 Å². The second-order valence-corrected chi connectivity index (χ2v) is 10.2. The molecule has 1 N–H and O–H groups in total. The van der Waals surface area contributed by atoms with E-state index >= 15 is 0 Å². The van der Waals surface area contributed by atoms with Gasteiger partial charge in [-0.15, -0.1) is 0 Å². The third kappa shape index (κ3) is 5.62. The smallest absolute Gasteiger partial charge is 0.331 e. The number of carbonyl (C=O) groups is 1. The van der Waals surface area contributed by atoms with Crippen LogP contribution in [0.2, 0.25) is 0 Å². The highest BCUT2D eigenvalue weighted by molar-refractivity contribution is 5.87. The van der Waals surface area contributed by atoms with Gasteiger partial charge in [0.2, 0.25) is 0 Å². The molecule has 0 unspecified atom stereocenters. The minimum atomic E-state index is -0.440. The molecule has 1 aromatic rings. The van der Waals surface area contributed by atoms with Crippen molar-refractivity contribution in [3.63, 3.8) is 0 Å². The predicted molar refractivity (Wildman–Crippen MR) is 134 cm³/mol. The number of ether oxygens (including phenoxy) is 6. The fraction of sp³-hybridized carbons (Fsp3) is 0.607. The molecule has 0 amide bonds. The normalized spacial score (nSPS) is 32.8. The van der Waals surface area contributed by atoms with E-state index < -0.39 is 12.1 Å². The zero-order valence-electron chi connectivity index (χ0n) is 21.8. The molecule has 36 heavy (non-hydrogen) atoms. The van der Waals surface area contributed by atoms with Crippen LogP contribution in [0.3, 0.4) is 0 Å². The molecule has 3 fully saturated rings. The maximum Gasteiger partial charge on any atom is 0.331 e. The number of hydrogen-bond donors (Lipinski definition) is 1. The predicted octanol–water partition coefficient (Wildman–Crippen LogP) is 3.70. The summed E-state index contributed by atoms with van der Waals surface area (Å²) in [5.74, 6) is 0.583. The van der Waals surface area contributed by atoms with Gasteiger partial charge in [0.15, 0.2) is 11.5 Å². The Bertz CT molecular complexity index is 993. The minimum absolute atomic E-state index is 0.0195. The summed E-state index contributed by atoms with van der Waals surface area (Å²) in [6, 6.07) is 5.31. The summed E-state index contributed by atoms with van der Waals surface area (Å²) >= 11 is 0. The average Bonchev–Trinajstić information content (AvgIpc) is 3.78. The fourth-order valence-electron chi connectivity index (χ4n) is 5.49. The first-order valence-electron chi connectivity index (χ1n) is 12.5. The molecule has 8 heteroatoms. The number of benzene rings is 1. The molecule has 4 rings (SSSR count). The summed E-state index contributed by atoms with van der Waals surface area (Å²) < 4.78 is 34.8. The van der Waals surface area contributed by atoms with E-state index in [1.165, 1.54) is 11.6 Å². The minimum Gasteiger partial charge on any atom is -0.493 e. The van der Waals surface area contributed by atoms with Crippen molar-refractivity contribution in [2.24, 2.45) is 5.92 Å². The lowest BCUT2D eigenvalue weighted by atomic mass is 9.68. The van der Waals surface area contributed by atoms with E-state index in [9.17, 15) is 4.79 Å². The number of aliphatic hydroxyl groups is 1. The summed E-state index contributed by atoms with van der Waals surface area (Å²) in [5.41, 5.74) is 1.37. The Morgan fingerprint density at radius 1 is 1.25 bits per heavy atom. The van der Waals surface area contributed by atoms with E-state index in [-0.39, 0.29) is 42.5 Å². The second kappa shape index (κ2) is 10.9. The monoisotopic (exact) mass is 502 g/mol. The highest BCUT2D eigenvalue weighted by Gasteiger charge is 2.72. The summed E-state index contributed by atoms with van der Waals surface area (Å²) in [6.45, 7) is 7.02. The van der Waals surface area contributed by atoms with Gasteiger partial charge in [0.25, 0.3) is 0 Å². The number of hydrogen-bond acceptors (Lipinski definition) is 8. The summed E-state index contributed by atoms with van der Waals surface area (Å²) in [5, 5.41) is 9.04. The molecular weight excluding hydrogens is 464 g/mol. The molecule has 0 radical (unpaired) electrons. The Morgan fingerprint density at radius 3 is 2.67 bits per heavy atom. The van der Waals surface area contributed by atoms with Crippen molar-refractivity contribution in [1.82, 2.24) is 0 Å². The Labute approximate surface area is 213 Å². The Hall–Kier alpha value is -2.39. The molecule has 2 aliphatic heterocycles. The molecular formula is C28H38O8. The number of allylic oxidation sites excluding steroid dienone is 1. The van der Waals surface area contributed by atoms with Gasteiger partial charge in [0.1, 0.15) is 30.0 Å². The molecule has 0 bridgehead atoms. The van der Waals surface area contributed by atoms with Crippen molar-refractivity contribution in [1.29, 1.82) is 0 Å². The number of epoxide rings is 2. The number of carbonyl (C=O) groups excluding carboxylic acids is 1. The van der Waals surface area contributed by atoms with Crippen LogP contribution >= 0.6 is 0 Å². The van der Waals surface area contributed by atoms with Crippen LogP contribution in [0.1, 0.15) is 45.6 Å². The standard InChI is InChI=1S/C28H38O8/c1-18(2)6-10-23-27(3,36-23)26-25(32-5)21(12-13-28(26)17-34-28)35-24(30)11-8-19-7-9-20(31-4)22(16-19)33-15-14-29/h6-9,11,16,21,23,25-26,29H,10,12-15,17H2,1-5H3/t21-,23-,25-,26-,27+,28+/m1/s1. The van der Waals surface area contributed by atoms with Crippen molar-refractivity contribution < 1.29 is 38.3 Å². The second-order valence-electron chi connectivity index (χ2n) is 10.2. The first-order valence-corrected chi connectivity index (χ1v) is 12.5. The van der Waals surface area contributed by atoms with E-state index in [1.54, 1.807) is 32.4 Å². The quantitative estimate of drug-likeness (QED) is 0.212. The lowest BCUT2D eigenvalue weighted by Crippen LogP contribution is -2.55. The average molecular weight is 503 g/mol. The van der Waals surface area contributed by atoms with Crippen LogP contribution in [0.25, 0.3) is 6.08 Å². The zero-order chi connectivity index (χ0) is 25.9. The fourth-order valence-corrected chi connectivity index (χ4v) is 5.49. The molecule has 1 spiro atoms. The van der Waals surface area contributed by atoms with E-state index in [2.05, 4.69) is 26.8 Å². The van der Waals surface area contributed by atoms with Gasteiger partial charge in [-0.05, 0) is 63.8 Å². The lowest BCUT2D eigenvalue weighted by molar-refractivity contribution is -0.166. The van der Waals surface area contributed by atoms with Crippen LogP contribution in [0.15, 0.2) is 35.9 Å². The third-order valence-corrected chi connectivity index (χ3v) is 7.45. The molecule has 198 valence electrons. The molecule has 0 aromatic heterocycles. The lowest BCUT2D eigenvalue weighted by Gasteiger charge is -2.42.